The molecule has 0 radical (unpaired) electrons. The van der Waals surface area contributed by atoms with Crippen molar-refractivity contribution in [3.05, 3.63) is 66.2 Å². The fourth-order valence-electron chi connectivity index (χ4n) is 3.11. The first kappa shape index (κ1) is 21.3. The maximum atomic E-state index is 12.7. The lowest BCUT2D eigenvalue weighted by molar-refractivity contribution is -0.112. The van der Waals surface area contributed by atoms with Gasteiger partial charge < -0.3 is 14.4 Å². The molecular formula is C24H27N3O3. The summed E-state index contributed by atoms with van der Waals surface area (Å²) in [6, 6.07) is 13.1. The highest BCUT2D eigenvalue weighted by atomic mass is 16.5. The molecule has 156 valence electrons. The average Bonchev–Trinajstić information content (AvgIpc) is 3.00. The van der Waals surface area contributed by atoms with Crippen LogP contribution in [0.4, 0.5) is 5.69 Å². The SMILES string of the molecule is C=CCN1C(=O)/C(=N\N=C/c2ccc(OCCC(C)C)c(OC)c2)c2ccccc21. The van der Waals surface area contributed by atoms with Crippen molar-refractivity contribution in [2.24, 2.45) is 16.1 Å². The van der Waals surface area contributed by atoms with E-state index in [0.717, 1.165) is 23.2 Å². The molecule has 1 aliphatic rings. The Bertz CT molecular complexity index is 979. The highest BCUT2D eigenvalue weighted by molar-refractivity contribution is 6.54. The average molecular weight is 405 g/mol. The number of carbonyl (C=O) groups excluding carboxylic acids is 1. The number of rotatable bonds is 9. The van der Waals surface area contributed by atoms with Gasteiger partial charge in [0.2, 0.25) is 0 Å². The van der Waals surface area contributed by atoms with Crippen molar-refractivity contribution in [2.45, 2.75) is 20.3 Å². The fourth-order valence-corrected chi connectivity index (χ4v) is 3.11. The van der Waals surface area contributed by atoms with Crippen LogP contribution in [0.5, 0.6) is 11.5 Å². The molecule has 1 amide bonds. The van der Waals surface area contributed by atoms with Gasteiger partial charge in [0.15, 0.2) is 17.2 Å². The molecule has 1 aliphatic heterocycles. The van der Waals surface area contributed by atoms with E-state index in [1.807, 2.05) is 42.5 Å². The topological polar surface area (TPSA) is 63.5 Å². The second-order valence-corrected chi connectivity index (χ2v) is 7.36. The number of amides is 1. The minimum absolute atomic E-state index is 0.181. The molecule has 3 rings (SSSR count). The van der Waals surface area contributed by atoms with E-state index in [1.54, 1.807) is 24.3 Å². The molecule has 0 saturated carbocycles. The summed E-state index contributed by atoms with van der Waals surface area (Å²) in [7, 11) is 1.61. The Balaban J connectivity index is 1.78. The Labute approximate surface area is 177 Å². The summed E-state index contributed by atoms with van der Waals surface area (Å²) in [5, 5.41) is 8.36. The summed E-state index contributed by atoms with van der Waals surface area (Å²) in [5.74, 6) is 1.73. The predicted molar refractivity (Wildman–Crippen MR) is 121 cm³/mol. The second-order valence-electron chi connectivity index (χ2n) is 7.36. The van der Waals surface area contributed by atoms with Crippen molar-refractivity contribution in [1.82, 2.24) is 0 Å². The van der Waals surface area contributed by atoms with Crippen molar-refractivity contribution in [3.8, 4) is 11.5 Å². The van der Waals surface area contributed by atoms with Crippen LogP contribution in [-0.4, -0.2) is 38.1 Å². The molecule has 2 aromatic carbocycles. The van der Waals surface area contributed by atoms with E-state index in [1.165, 1.54) is 0 Å². The van der Waals surface area contributed by atoms with Gasteiger partial charge in [0.1, 0.15) is 0 Å². The molecule has 6 heteroatoms. The lowest BCUT2D eigenvalue weighted by atomic mass is 10.1. The summed E-state index contributed by atoms with van der Waals surface area (Å²) >= 11 is 0. The Morgan fingerprint density at radius 2 is 1.97 bits per heavy atom. The van der Waals surface area contributed by atoms with Crippen LogP contribution in [0, 0.1) is 5.92 Å². The van der Waals surface area contributed by atoms with E-state index < -0.39 is 0 Å². The number of methoxy groups -OCH3 is 1. The number of hydrogen-bond acceptors (Lipinski definition) is 5. The molecular weight excluding hydrogens is 378 g/mol. The van der Waals surface area contributed by atoms with Crippen LogP contribution in [0.25, 0.3) is 0 Å². The Kier molecular flexibility index (Phi) is 7.01. The number of nitrogens with zero attached hydrogens (tertiary/aromatic N) is 3. The molecule has 1 heterocycles. The first-order chi connectivity index (χ1) is 14.5. The minimum atomic E-state index is -0.181. The number of carbonyl (C=O) groups is 1. The lowest BCUT2D eigenvalue weighted by Crippen LogP contribution is -2.30. The van der Waals surface area contributed by atoms with Gasteiger partial charge in [-0.15, -0.1) is 11.7 Å². The smallest absolute Gasteiger partial charge is 0.279 e. The Hall–Kier alpha value is -3.41. The first-order valence-electron chi connectivity index (χ1n) is 9.99. The van der Waals surface area contributed by atoms with E-state index in [-0.39, 0.29) is 5.91 Å². The van der Waals surface area contributed by atoms with Gasteiger partial charge in [-0.25, -0.2) is 0 Å². The minimum Gasteiger partial charge on any atom is -0.493 e. The van der Waals surface area contributed by atoms with Crippen LogP contribution < -0.4 is 14.4 Å². The summed E-state index contributed by atoms with van der Waals surface area (Å²) < 4.78 is 11.2. The summed E-state index contributed by atoms with van der Waals surface area (Å²) in [6.07, 6.45) is 4.26. The van der Waals surface area contributed by atoms with Gasteiger partial charge in [0, 0.05) is 12.1 Å². The number of ether oxygens (including phenoxy) is 2. The predicted octanol–water partition coefficient (Wildman–Crippen LogP) is 4.48. The number of benzene rings is 2. The molecule has 0 spiro atoms. The van der Waals surface area contributed by atoms with E-state index >= 15 is 0 Å². The molecule has 0 N–H and O–H groups in total. The van der Waals surface area contributed by atoms with E-state index in [0.29, 0.717) is 36.3 Å². The zero-order chi connectivity index (χ0) is 21.5. The van der Waals surface area contributed by atoms with Crippen LogP contribution in [0.2, 0.25) is 0 Å². The molecule has 0 aliphatic carbocycles. The zero-order valence-electron chi connectivity index (χ0n) is 17.7. The third-order valence-corrected chi connectivity index (χ3v) is 4.71. The third-order valence-electron chi connectivity index (χ3n) is 4.71. The Morgan fingerprint density at radius 3 is 2.70 bits per heavy atom. The standard InChI is InChI=1S/C24H27N3O3/c1-5-13-27-20-9-7-6-8-19(20)23(24(27)28)26-25-16-18-10-11-21(22(15-18)29-4)30-14-12-17(2)3/h5-11,15-17H,1,12-14H2,2-4H3/b25-16-,26-23-. The van der Waals surface area contributed by atoms with Crippen LogP contribution in [0.1, 0.15) is 31.4 Å². The largest absolute Gasteiger partial charge is 0.493 e. The van der Waals surface area contributed by atoms with Gasteiger partial charge in [-0.05, 0) is 42.2 Å². The lowest BCUT2D eigenvalue weighted by Gasteiger charge is -2.13. The van der Waals surface area contributed by atoms with Crippen LogP contribution >= 0.6 is 0 Å². The molecule has 0 aromatic heterocycles. The Morgan fingerprint density at radius 1 is 1.17 bits per heavy atom. The highest BCUT2D eigenvalue weighted by Gasteiger charge is 2.32. The van der Waals surface area contributed by atoms with Gasteiger partial charge >= 0.3 is 0 Å². The molecule has 0 fully saturated rings. The van der Waals surface area contributed by atoms with Crippen LogP contribution in [0.3, 0.4) is 0 Å². The van der Waals surface area contributed by atoms with E-state index in [9.17, 15) is 4.79 Å². The zero-order valence-corrected chi connectivity index (χ0v) is 17.7. The molecule has 0 bridgehead atoms. The fraction of sp³-hybridized carbons (Fsp3) is 0.292. The maximum absolute atomic E-state index is 12.7. The van der Waals surface area contributed by atoms with Crippen molar-refractivity contribution in [1.29, 1.82) is 0 Å². The van der Waals surface area contributed by atoms with Crippen LogP contribution in [-0.2, 0) is 4.79 Å². The van der Waals surface area contributed by atoms with Crippen LogP contribution in [0.15, 0.2) is 65.3 Å². The monoisotopic (exact) mass is 405 g/mol. The molecule has 0 unspecified atom stereocenters. The molecule has 2 aromatic rings. The van der Waals surface area contributed by atoms with Gasteiger partial charge in [0.05, 0.1) is 25.6 Å². The molecule has 6 nitrogen and oxygen atoms in total. The maximum Gasteiger partial charge on any atom is 0.279 e. The number of para-hydroxylation sites is 1. The number of anilines is 1. The number of hydrogen-bond donors (Lipinski definition) is 0. The van der Waals surface area contributed by atoms with Gasteiger partial charge in [0.25, 0.3) is 5.91 Å². The van der Waals surface area contributed by atoms with E-state index in [4.69, 9.17) is 9.47 Å². The van der Waals surface area contributed by atoms with Crippen molar-refractivity contribution in [3.63, 3.8) is 0 Å². The molecule has 0 atom stereocenters. The van der Waals surface area contributed by atoms with Crippen molar-refractivity contribution < 1.29 is 14.3 Å². The first-order valence-corrected chi connectivity index (χ1v) is 9.99. The third kappa shape index (κ3) is 4.76. The van der Waals surface area contributed by atoms with Crippen molar-refractivity contribution >= 4 is 23.5 Å². The normalized spacial score (nSPS) is 14.6. The van der Waals surface area contributed by atoms with Gasteiger partial charge in [-0.3, -0.25) is 4.79 Å². The van der Waals surface area contributed by atoms with E-state index in [2.05, 4.69) is 30.6 Å². The quantitative estimate of drug-likeness (QED) is 0.351. The summed E-state index contributed by atoms with van der Waals surface area (Å²) in [5.41, 5.74) is 2.72. The molecule has 30 heavy (non-hydrogen) atoms. The van der Waals surface area contributed by atoms with Gasteiger partial charge in [-0.1, -0.05) is 38.1 Å². The second kappa shape index (κ2) is 9.87. The summed E-state index contributed by atoms with van der Waals surface area (Å²) in [4.78, 5) is 14.4. The molecule has 0 saturated heterocycles. The summed E-state index contributed by atoms with van der Waals surface area (Å²) in [6.45, 7) is 9.10. The number of fused-ring (bicyclic) bond motifs is 1. The van der Waals surface area contributed by atoms with Crippen molar-refractivity contribution in [2.75, 3.05) is 25.2 Å². The van der Waals surface area contributed by atoms with Gasteiger partial charge in [-0.2, -0.15) is 5.10 Å². The highest BCUT2D eigenvalue weighted by Crippen LogP contribution is 2.30.